The van der Waals surface area contributed by atoms with Gasteiger partial charge in [0.2, 0.25) is 0 Å². The van der Waals surface area contributed by atoms with E-state index < -0.39 is 6.10 Å². The number of benzene rings is 1. The second-order valence-corrected chi connectivity index (χ2v) is 6.49. The number of ether oxygens (including phenoxy) is 1. The van der Waals surface area contributed by atoms with Gasteiger partial charge in [-0.15, -0.1) is 0 Å². The Morgan fingerprint density at radius 2 is 1.75 bits per heavy atom. The van der Waals surface area contributed by atoms with Crippen molar-refractivity contribution in [3.63, 3.8) is 0 Å². The zero-order chi connectivity index (χ0) is 17.5. The third-order valence-electron chi connectivity index (χ3n) is 4.35. The molecule has 0 aliphatic carbocycles. The number of pyridine rings is 1. The summed E-state index contributed by atoms with van der Waals surface area (Å²) in [5.41, 5.74) is 4.72. The van der Waals surface area contributed by atoms with Gasteiger partial charge in [0, 0.05) is 25.5 Å². The molecule has 0 fully saturated rings. The van der Waals surface area contributed by atoms with Crippen LogP contribution in [0, 0.1) is 20.8 Å². The maximum atomic E-state index is 10.3. The van der Waals surface area contributed by atoms with Gasteiger partial charge in [-0.1, -0.05) is 12.1 Å². The average molecular weight is 328 g/mol. The molecule has 2 rings (SSSR count). The SMILES string of the molecule is Cc1ccc(C)c(OCC(O)CN(C)CCc2ccncc2)c1C. The van der Waals surface area contributed by atoms with Gasteiger partial charge in [-0.25, -0.2) is 0 Å². The number of aliphatic hydroxyl groups excluding tert-OH is 1. The quantitative estimate of drug-likeness (QED) is 0.809. The van der Waals surface area contributed by atoms with Crippen molar-refractivity contribution in [3.05, 3.63) is 58.9 Å². The summed E-state index contributed by atoms with van der Waals surface area (Å²) in [6, 6.07) is 8.21. The van der Waals surface area contributed by atoms with Crippen molar-refractivity contribution < 1.29 is 9.84 Å². The predicted octanol–water partition coefficient (Wildman–Crippen LogP) is 2.92. The molecule has 24 heavy (non-hydrogen) atoms. The Bertz CT molecular complexity index is 644. The van der Waals surface area contributed by atoms with Crippen LogP contribution in [0.4, 0.5) is 0 Å². The van der Waals surface area contributed by atoms with E-state index in [2.05, 4.69) is 35.9 Å². The van der Waals surface area contributed by atoms with Gasteiger partial charge in [-0.05, 0) is 68.6 Å². The van der Waals surface area contributed by atoms with Gasteiger partial charge in [0.15, 0.2) is 0 Å². The van der Waals surface area contributed by atoms with Crippen molar-refractivity contribution >= 4 is 0 Å². The monoisotopic (exact) mass is 328 g/mol. The number of hydrogen-bond donors (Lipinski definition) is 1. The summed E-state index contributed by atoms with van der Waals surface area (Å²) in [6.45, 7) is 7.97. The fourth-order valence-electron chi connectivity index (χ4n) is 2.70. The molecule has 0 aliphatic rings. The number of aryl methyl sites for hydroxylation is 2. The molecule has 0 radical (unpaired) electrons. The van der Waals surface area contributed by atoms with Crippen LogP contribution in [0.5, 0.6) is 5.75 Å². The molecule has 0 spiro atoms. The minimum atomic E-state index is -0.508. The summed E-state index contributed by atoms with van der Waals surface area (Å²) >= 11 is 0. The van der Waals surface area contributed by atoms with Crippen molar-refractivity contribution in [2.24, 2.45) is 0 Å². The molecule has 0 aliphatic heterocycles. The highest BCUT2D eigenvalue weighted by molar-refractivity contribution is 5.44. The van der Waals surface area contributed by atoms with Crippen LogP contribution >= 0.6 is 0 Å². The molecule has 0 amide bonds. The zero-order valence-electron chi connectivity index (χ0n) is 15.1. The first-order chi connectivity index (χ1) is 11.5. The highest BCUT2D eigenvalue weighted by Gasteiger charge is 2.12. The Morgan fingerprint density at radius 1 is 1.08 bits per heavy atom. The summed E-state index contributed by atoms with van der Waals surface area (Å²) in [7, 11) is 2.02. The molecule has 130 valence electrons. The van der Waals surface area contributed by atoms with E-state index in [1.807, 2.05) is 38.5 Å². The third-order valence-corrected chi connectivity index (χ3v) is 4.35. The Labute approximate surface area is 145 Å². The molecule has 4 heteroatoms. The fraction of sp³-hybridized carbons (Fsp3) is 0.450. The highest BCUT2D eigenvalue weighted by Crippen LogP contribution is 2.25. The second-order valence-electron chi connectivity index (χ2n) is 6.49. The third kappa shape index (κ3) is 5.32. The standard InChI is InChI=1S/C20H28N2O2/c1-15-5-6-16(2)20(17(15)3)24-14-19(23)13-22(4)12-9-18-7-10-21-11-8-18/h5-8,10-11,19,23H,9,12-14H2,1-4H3. The van der Waals surface area contributed by atoms with E-state index in [1.165, 1.54) is 11.1 Å². The molecule has 2 aromatic rings. The van der Waals surface area contributed by atoms with E-state index in [1.54, 1.807) is 0 Å². The molecule has 1 N–H and O–H groups in total. The molecule has 4 nitrogen and oxygen atoms in total. The minimum Gasteiger partial charge on any atom is -0.490 e. The Morgan fingerprint density at radius 3 is 2.46 bits per heavy atom. The molecule has 0 bridgehead atoms. The van der Waals surface area contributed by atoms with E-state index in [4.69, 9.17) is 4.74 Å². The van der Waals surface area contributed by atoms with Gasteiger partial charge in [0.1, 0.15) is 18.5 Å². The average Bonchev–Trinajstić information content (AvgIpc) is 2.57. The molecule has 1 aromatic heterocycles. The van der Waals surface area contributed by atoms with E-state index in [9.17, 15) is 5.11 Å². The molecule has 1 heterocycles. The number of aliphatic hydroxyl groups is 1. The molecule has 1 aromatic carbocycles. The van der Waals surface area contributed by atoms with Crippen molar-refractivity contribution in [1.82, 2.24) is 9.88 Å². The lowest BCUT2D eigenvalue weighted by Crippen LogP contribution is -2.34. The topological polar surface area (TPSA) is 45.6 Å². The fourth-order valence-corrected chi connectivity index (χ4v) is 2.70. The molecule has 1 unspecified atom stereocenters. The van der Waals surface area contributed by atoms with E-state index in [-0.39, 0.29) is 0 Å². The number of hydrogen-bond acceptors (Lipinski definition) is 4. The van der Waals surface area contributed by atoms with Crippen LogP contribution in [0.3, 0.4) is 0 Å². The zero-order valence-corrected chi connectivity index (χ0v) is 15.1. The van der Waals surface area contributed by atoms with Gasteiger partial charge in [-0.3, -0.25) is 4.98 Å². The number of rotatable bonds is 8. The lowest BCUT2D eigenvalue weighted by molar-refractivity contribution is 0.0761. The van der Waals surface area contributed by atoms with Crippen LogP contribution in [0.25, 0.3) is 0 Å². The lowest BCUT2D eigenvalue weighted by atomic mass is 10.1. The van der Waals surface area contributed by atoms with Gasteiger partial charge >= 0.3 is 0 Å². The van der Waals surface area contributed by atoms with Crippen LogP contribution in [-0.2, 0) is 6.42 Å². The van der Waals surface area contributed by atoms with Crippen molar-refractivity contribution in [2.75, 3.05) is 26.7 Å². The minimum absolute atomic E-state index is 0.310. The molecule has 1 atom stereocenters. The number of likely N-dealkylation sites (N-methyl/N-ethyl adjacent to an activating group) is 1. The Hall–Kier alpha value is -1.91. The summed E-state index contributed by atoms with van der Waals surface area (Å²) in [6.07, 6.45) is 4.06. The van der Waals surface area contributed by atoms with Gasteiger partial charge < -0.3 is 14.7 Å². The van der Waals surface area contributed by atoms with E-state index in [0.29, 0.717) is 13.2 Å². The molecular formula is C20H28N2O2. The van der Waals surface area contributed by atoms with Gasteiger partial charge in [0.25, 0.3) is 0 Å². The van der Waals surface area contributed by atoms with Crippen LogP contribution in [0.2, 0.25) is 0 Å². The molecule has 0 saturated carbocycles. The van der Waals surface area contributed by atoms with Crippen LogP contribution in [-0.4, -0.2) is 47.8 Å². The largest absolute Gasteiger partial charge is 0.490 e. The highest BCUT2D eigenvalue weighted by atomic mass is 16.5. The smallest absolute Gasteiger partial charge is 0.125 e. The van der Waals surface area contributed by atoms with Gasteiger partial charge in [0.05, 0.1) is 0 Å². The Kier molecular flexibility index (Phi) is 6.76. The van der Waals surface area contributed by atoms with E-state index in [0.717, 1.165) is 29.8 Å². The summed E-state index contributed by atoms with van der Waals surface area (Å²) in [5.74, 6) is 0.897. The first-order valence-corrected chi connectivity index (χ1v) is 8.42. The predicted molar refractivity (Wildman–Crippen MR) is 97.6 cm³/mol. The normalized spacial score (nSPS) is 12.4. The number of aromatic nitrogens is 1. The van der Waals surface area contributed by atoms with E-state index >= 15 is 0 Å². The van der Waals surface area contributed by atoms with Crippen molar-refractivity contribution in [2.45, 2.75) is 33.3 Å². The first kappa shape index (κ1) is 18.4. The number of nitrogens with zero attached hydrogens (tertiary/aromatic N) is 2. The van der Waals surface area contributed by atoms with Crippen LogP contribution in [0.15, 0.2) is 36.7 Å². The van der Waals surface area contributed by atoms with Crippen molar-refractivity contribution in [1.29, 1.82) is 0 Å². The van der Waals surface area contributed by atoms with Gasteiger partial charge in [-0.2, -0.15) is 0 Å². The van der Waals surface area contributed by atoms with Crippen molar-refractivity contribution in [3.8, 4) is 5.75 Å². The summed E-state index contributed by atoms with van der Waals surface area (Å²) in [5, 5.41) is 10.3. The lowest BCUT2D eigenvalue weighted by Gasteiger charge is -2.22. The molecular weight excluding hydrogens is 300 g/mol. The van der Waals surface area contributed by atoms with Crippen LogP contribution < -0.4 is 4.74 Å². The summed E-state index contributed by atoms with van der Waals surface area (Å²) < 4.78 is 5.89. The molecule has 0 saturated heterocycles. The first-order valence-electron chi connectivity index (χ1n) is 8.42. The van der Waals surface area contributed by atoms with Crippen LogP contribution in [0.1, 0.15) is 22.3 Å². The second kappa shape index (κ2) is 8.81. The maximum absolute atomic E-state index is 10.3. The summed E-state index contributed by atoms with van der Waals surface area (Å²) in [4.78, 5) is 6.15. The Balaban J connectivity index is 1.79. The maximum Gasteiger partial charge on any atom is 0.125 e.